The summed E-state index contributed by atoms with van der Waals surface area (Å²) in [6.45, 7) is 7.96. The van der Waals surface area contributed by atoms with Crippen LogP contribution in [0, 0.1) is 0 Å². The lowest BCUT2D eigenvalue weighted by atomic mass is 10.1. The SMILES string of the molecule is CC(NC1COc2ccccc21)C(=O)OC(C)(C)C. The molecule has 2 unspecified atom stereocenters. The Kier molecular flexibility index (Phi) is 3.80. The number of carbonyl (C=O) groups is 1. The monoisotopic (exact) mass is 263 g/mol. The Morgan fingerprint density at radius 2 is 2.11 bits per heavy atom. The van der Waals surface area contributed by atoms with Crippen LogP contribution < -0.4 is 10.1 Å². The van der Waals surface area contributed by atoms with Gasteiger partial charge < -0.3 is 9.47 Å². The van der Waals surface area contributed by atoms with Crippen LogP contribution in [0.5, 0.6) is 5.75 Å². The summed E-state index contributed by atoms with van der Waals surface area (Å²) in [5, 5.41) is 3.26. The number of ether oxygens (including phenoxy) is 2. The van der Waals surface area contributed by atoms with Crippen molar-refractivity contribution in [2.45, 2.75) is 45.4 Å². The van der Waals surface area contributed by atoms with E-state index in [4.69, 9.17) is 9.47 Å². The Bertz CT molecular complexity index is 465. The molecule has 0 bridgehead atoms. The average Bonchev–Trinajstić information content (AvgIpc) is 2.70. The second kappa shape index (κ2) is 5.21. The summed E-state index contributed by atoms with van der Waals surface area (Å²) in [5.74, 6) is 0.647. The number of hydrogen-bond donors (Lipinski definition) is 1. The number of rotatable bonds is 3. The number of nitrogens with one attached hydrogen (secondary N) is 1. The third-order valence-corrected chi connectivity index (χ3v) is 2.91. The van der Waals surface area contributed by atoms with Gasteiger partial charge in [0, 0.05) is 5.56 Å². The van der Waals surface area contributed by atoms with Crippen LogP contribution in [0.25, 0.3) is 0 Å². The van der Waals surface area contributed by atoms with Gasteiger partial charge in [0.05, 0.1) is 6.04 Å². The number of benzene rings is 1. The summed E-state index contributed by atoms with van der Waals surface area (Å²) < 4.78 is 10.9. The van der Waals surface area contributed by atoms with Crippen molar-refractivity contribution in [3.8, 4) is 5.75 Å². The molecule has 0 aromatic heterocycles. The lowest BCUT2D eigenvalue weighted by Crippen LogP contribution is -2.41. The fraction of sp³-hybridized carbons (Fsp3) is 0.533. The Morgan fingerprint density at radius 3 is 2.79 bits per heavy atom. The molecule has 0 saturated carbocycles. The second-order valence-electron chi connectivity index (χ2n) is 5.82. The Morgan fingerprint density at radius 1 is 1.42 bits per heavy atom. The Balaban J connectivity index is 1.97. The van der Waals surface area contributed by atoms with Gasteiger partial charge in [-0.3, -0.25) is 10.1 Å². The molecule has 1 heterocycles. The molecule has 0 fully saturated rings. The maximum absolute atomic E-state index is 11.9. The van der Waals surface area contributed by atoms with E-state index in [1.165, 1.54) is 0 Å². The van der Waals surface area contributed by atoms with Gasteiger partial charge in [0.25, 0.3) is 0 Å². The van der Waals surface area contributed by atoms with Crippen LogP contribution in [0.1, 0.15) is 39.3 Å². The fourth-order valence-electron chi connectivity index (χ4n) is 2.06. The van der Waals surface area contributed by atoms with Gasteiger partial charge in [-0.2, -0.15) is 0 Å². The van der Waals surface area contributed by atoms with Gasteiger partial charge in [-0.15, -0.1) is 0 Å². The van der Waals surface area contributed by atoms with Gasteiger partial charge in [0.15, 0.2) is 0 Å². The van der Waals surface area contributed by atoms with Crippen molar-refractivity contribution in [1.82, 2.24) is 5.32 Å². The van der Waals surface area contributed by atoms with Crippen molar-refractivity contribution >= 4 is 5.97 Å². The number of fused-ring (bicyclic) bond motifs is 1. The smallest absolute Gasteiger partial charge is 0.323 e. The van der Waals surface area contributed by atoms with E-state index in [0.717, 1.165) is 11.3 Å². The summed E-state index contributed by atoms with van der Waals surface area (Å²) in [7, 11) is 0. The zero-order chi connectivity index (χ0) is 14.0. The van der Waals surface area contributed by atoms with Crippen LogP contribution in [0.4, 0.5) is 0 Å². The molecule has 104 valence electrons. The molecule has 4 nitrogen and oxygen atoms in total. The minimum absolute atomic E-state index is 0.0405. The molecule has 2 atom stereocenters. The van der Waals surface area contributed by atoms with E-state index in [2.05, 4.69) is 5.32 Å². The lowest BCUT2D eigenvalue weighted by molar-refractivity contribution is -0.157. The molecule has 0 radical (unpaired) electrons. The molecule has 2 rings (SSSR count). The Labute approximate surface area is 114 Å². The molecule has 0 aliphatic carbocycles. The van der Waals surface area contributed by atoms with Crippen molar-refractivity contribution < 1.29 is 14.3 Å². The van der Waals surface area contributed by atoms with Crippen molar-refractivity contribution in [3.05, 3.63) is 29.8 Å². The highest BCUT2D eigenvalue weighted by Gasteiger charge is 2.28. The maximum atomic E-state index is 11.9. The molecule has 19 heavy (non-hydrogen) atoms. The predicted molar refractivity (Wildman–Crippen MR) is 73.1 cm³/mol. The van der Waals surface area contributed by atoms with Gasteiger partial charge >= 0.3 is 5.97 Å². The first kappa shape index (κ1) is 13.9. The van der Waals surface area contributed by atoms with E-state index in [1.807, 2.05) is 52.0 Å². The highest BCUT2D eigenvalue weighted by Crippen LogP contribution is 2.31. The average molecular weight is 263 g/mol. The van der Waals surface area contributed by atoms with Gasteiger partial charge in [0.1, 0.15) is 24.0 Å². The van der Waals surface area contributed by atoms with E-state index < -0.39 is 5.60 Å². The normalized spacial score (nSPS) is 19.5. The minimum atomic E-state index is -0.461. The maximum Gasteiger partial charge on any atom is 0.323 e. The first-order valence-electron chi connectivity index (χ1n) is 6.57. The molecule has 1 aliphatic rings. The van der Waals surface area contributed by atoms with Gasteiger partial charge in [-0.25, -0.2) is 0 Å². The van der Waals surface area contributed by atoms with E-state index in [9.17, 15) is 4.79 Å². The van der Waals surface area contributed by atoms with Crippen LogP contribution in [-0.4, -0.2) is 24.2 Å². The van der Waals surface area contributed by atoms with Crippen molar-refractivity contribution in [2.75, 3.05) is 6.61 Å². The predicted octanol–water partition coefficient (Wildman–Crippen LogP) is 2.44. The van der Waals surface area contributed by atoms with E-state index in [1.54, 1.807) is 0 Å². The number of hydrogen-bond acceptors (Lipinski definition) is 4. The summed E-state index contributed by atoms with van der Waals surface area (Å²) in [6, 6.07) is 7.55. The molecule has 1 aromatic carbocycles. The molecular formula is C15H21NO3. The molecule has 4 heteroatoms. The third-order valence-electron chi connectivity index (χ3n) is 2.91. The van der Waals surface area contributed by atoms with Crippen molar-refractivity contribution in [3.63, 3.8) is 0 Å². The standard InChI is InChI=1S/C15H21NO3/c1-10(14(17)19-15(2,3)4)16-12-9-18-13-8-6-5-7-11(12)13/h5-8,10,12,16H,9H2,1-4H3. The van der Waals surface area contributed by atoms with Crippen molar-refractivity contribution in [2.24, 2.45) is 0 Å². The number of para-hydroxylation sites is 1. The molecule has 0 saturated heterocycles. The largest absolute Gasteiger partial charge is 0.491 e. The molecule has 0 spiro atoms. The topological polar surface area (TPSA) is 47.6 Å². The minimum Gasteiger partial charge on any atom is -0.491 e. The fourth-order valence-corrected chi connectivity index (χ4v) is 2.06. The second-order valence-corrected chi connectivity index (χ2v) is 5.82. The van der Waals surface area contributed by atoms with E-state index in [-0.39, 0.29) is 18.1 Å². The summed E-state index contributed by atoms with van der Waals surface area (Å²) in [4.78, 5) is 11.9. The van der Waals surface area contributed by atoms with E-state index >= 15 is 0 Å². The number of esters is 1. The zero-order valence-electron chi connectivity index (χ0n) is 11.9. The number of carbonyl (C=O) groups excluding carboxylic acids is 1. The summed E-state index contributed by atoms with van der Waals surface area (Å²) in [6.07, 6.45) is 0. The van der Waals surface area contributed by atoms with Gasteiger partial charge in [0.2, 0.25) is 0 Å². The van der Waals surface area contributed by atoms with Crippen LogP contribution in [0.3, 0.4) is 0 Å². The van der Waals surface area contributed by atoms with Gasteiger partial charge in [-0.05, 0) is 33.8 Å². The Hall–Kier alpha value is -1.55. The molecule has 1 aromatic rings. The van der Waals surface area contributed by atoms with Crippen LogP contribution in [-0.2, 0) is 9.53 Å². The molecule has 1 aliphatic heterocycles. The highest BCUT2D eigenvalue weighted by atomic mass is 16.6. The quantitative estimate of drug-likeness (QED) is 0.851. The molecular weight excluding hydrogens is 242 g/mol. The molecule has 1 N–H and O–H groups in total. The van der Waals surface area contributed by atoms with Crippen LogP contribution in [0.2, 0.25) is 0 Å². The first-order chi connectivity index (χ1) is 8.87. The van der Waals surface area contributed by atoms with Crippen molar-refractivity contribution in [1.29, 1.82) is 0 Å². The van der Waals surface area contributed by atoms with Gasteiger partial charge in [-0.1, -0.05) is 18.2 Å². The molecule has 0 amide bonds. The lowest BCUT2D eigenvalue weighted by Gasteiger charge is -2.24. The summed E-state index contributed by atoms with van der Waals surface area (Å²) >= 11 is 0. The van der Waals surface area contributed by atoms with E-state index in [0.29, 0.717) is 6.61 Å². The zero-order valence-corrected chi connectivity index (χ0v) is 11.9. The van der Waals surface area contributed by atoms with Crippen LogP contribution >= 0.6 is 0 Å². The first-order valence-corrected chi connectivity index (χ1v) is 6.57. The highest BCUT2D eigenvalue weighted by molar-refractivity contribution is 5.75. The van der Waals surface area contributed by atoms with Crippen LogP contribution in [0.15, 0.2) is 24.3 Å². The third kappa shape index (κ3) is 3.47. The summed E-state index contributed by atoms with van der Waals surface area (Å²) in [5.41, 5.74) is 0.634.